The van der Waals surface area contributed by atoms with Crippen LogP contribution in [-0.4, -0.2) is 10.9 Å². The topological polar surface area (TPSA) is 68.0 Å². The molecule has 4 nitrogen and oxygen atoms in total. The lowest BCUT2D eigenvalue weighted by atomic mass is 10.1. The average molecular weight is 231 g/mol. The van der Waals surface area contributed by atoms with E-state index in [1.807, 2.05) is 0 Å². The first kappa shape index (κ1) is 11.1. The molecule has 0 saturated heterocycles. The Morgan fingerprint density at radius 3 is 2.82 bits per heavy atom. The van der Waals surface area contributed by atoms with Crippen LogP contribution in [0.3, 0.4) is 0 Å². The van der Waals surface area contributed by atoms with Gasteiger partial charge in [0.05, 0.1) is 5.56 Å². The Kier molecular flexibility index (Phi) is 3.00. The van der Waals surface area contributed by atoms with E-state index in [0.29, 0.717) is 5.82 Å². The molecular formula is C12H10FN3O. The highest BCUT2D eigenvalue weighted by Gasteiger charge is 2.11. The highest BCUT2D eigenvalue weighted by atomic mass is 19.1. The summed E-state index contributed by atoms with van der Waals surface area (Å²) in [6, 6.07) is 8.74. The maximum atomic E-state index is 13.0. The molecule has 0 bridgehead atoms. The van der Waals surface area contributed by atoms with Crippen molar-refractivity contribution in [2.45, 2.75) is 0 Å². The Balaban J connectivity index is 2.23. The summed E-state index contributed by atoms with van der Waals surface area (Å²) in [5.41, 5.74) is 5.91. The van der Waals surface area contributed by atoms with E-state index in [-0.39, 0.29) is 11.3 Å². The van der Waals surface area contributed by atoms with E-state index in [2.05, 4.69) is 10.3 Å². The molecule has 0 fully saturated rings. The molecule has 0 radical (unpaired) electrons. The number of carbonyl (C=O) groups is 1. The fourth-order valence-corrected chi connectivity index (χ4v) is 1.35. The lowest BCUT2D eigenvalue weighted by molar-refractivity contribution is 0.102. The zero-order chi connectivity index (χ0) is 12.3. The van der Waals surface area contributed by atoms with Gasteiger partial charge >= 0.3 is 0 Å². The Morgan fingerprint density at radius 2 is 2.12 bits per heavy atom. The van der Waals surface area contributed by atoms with E-state index in [9.17, 15) is 9.18 Å². The van der Waals surface area contributed by atoms with Crippen molar-refractivity contribution in [1.29, 1.82) is 0 Å². The van der Waals surface area contributed by atoms with Gasteiger partial charge in [-0.2, -0.15) is 0 Å². The van der Waals surface area contributed by atoms with Crippen molar-refractivity contribution in [2.24, 2.45) is 0 Å². The number of nitrogens with one attached hydrogen (secondary N) is 1. The predicted molar refractivity (Wildman–Crippen MR) is 63.0 cm³/mol. The van der Waals surface area contributed by atoms with Gasteiger partial charge in [0.2, 0.25) is 0 Å². The Labute approximate surface area is 97.3 Å². The number of benzene rings is 1. The van der Waals surface area contributed by atoms with Gasteiger partial charge in [0, 0.05) is 11.9 Å². The Bertz CT molecular complexity index is 543. The first-order valence-corrected chi connectivity index (χ1v) is 4.94. The zero-order valence-corrected chi connectivity index (χ0v) is 8.85. The van der Waals surface area contributed by atoms with Crippen LogP contribution in [-0.2, 0) is 0 Å². The summed E-state index contributed by atoms with van der Waals surface area (Å²) in [6.45, 7) is 0. The minimum absolute atomic E-state index is 0.0932. The summed E-state index contributed by atoms with van der Waals surface area (Å²) in [7, 11) is 0. The van der Waals surface area contributed by atoms with Crippen LogP contribution in [0.5, 0.6) is 0 Å². The zero-order valence-electron chi connectivity index (χ0n) is 8.85. The van der Waals surface area contributed by atoms with Crippen LogP contribution >= 0.6 is 0 Å². The molecule has 1 amide bonds. The van der Waals surface area contributed by atoms with Gasteiger partial charge in [-0.05, 0) is 30.3 Å². The fourth-order valence-electron chi connectivity index (χ4n) is 1.35. The lowest BCUT2D eigenvalue weighted by Gasteiger charge is -2.06. The van der Waals surface area contributed by atoms with Crippen LogP contribution in [0.2, 0.25) is 0 Å². The van der Waals surface area contributed by atoms with Gasteiger partial charge in [-0.15, -0.1) is 0 Å². The summed E-state index contributed by atoms with van der Waals surface area (Å²) in [5.74, 6) is -0.604. The minimum atomic E-state index is -0.509. The molecule has 86 valence electrons. The Morgan fingerprint density at radius 1 is 1.29 bits per heavy atom. The number of nitrogen functional groups attached to an aromatic ring is 1. The number of nitrogens with two attached hydrogens (primary N) is 1. The van der Waals surface area contributed by atoms with E-state index in [1.165, 1.54) is 12.1 Å². The number of rotatable bonds is 2. The van der Waals surface area contributed by atoms with Gasteiger partial charge < -0.3 is 11.1 Å². The summed E-state index contributed by atoms with van der Waals surface area (Å²) in [6.07, 6.45) is 1.55. The summed E-state index contributed by atoms with van der Waals surface area (Å²) in [4.78, 5) is 15.7. The van der Waals surface area contributed by atoms with Crippen molar-refractivity contribution >= 4 is 17.4 Å². The average Bonchev–Trinajstić information content (AvgIpc) is 2.33. The third-order valence-electron chi connectivity index (χ3n) is 2.17. The molecule has 2 aromatic rings. The predicted octanol–water partition coefficient (Wildman–Crippen LogP) is 2.06. The largest absolute Gasteiger partial charge is 0.398 e. The first-order chi connectivity index (χ1) is 8.16. The van der Waals surface area contributed by atoms with Crippen LogP contribution < -0.4 is 11.1 Å². The van der Waals surface area contributed by atoms with Crippen molar-refractivity contribution in [3.8, 4) is 0 Å². The van der Waals surface area contributed by atoms with E-state index in [0.717, 1.165) is 6.07 Å². The maximum absolute atomic E-state index is 13.0. The molecule has 1 aromatic heterocycles. The molecule has 0 aliphatic rings. The van der Waals surface area contributed by atoms with Crippen molar-refractivity contribution in [3.05, 3.63) is 54.0 Å². The highest BCUT2D eigenvalue weighted by Crippen LogP contribution is 2.15. The molecule has 0 aliphatic heterocycles. The van der Waals surface area contributed by atoms with Gasteiger partial charge in [0.15, 0.2) is 0 Å². The van der Waals surface area contributed by atoms with E-state index >= 15 is 0 Å². The van der Waals surface area contributed by atoms with Crippen molar-refractivity contribution in [3.63, 3.8) is 0 Å². The number of pyridine rings is 1. The number of halogens is 1. The molecule has 0 spiro atoms. The molecule has 2 rings (SSSR count). The van der Waals surface area contributed by atoms with E-state index < -0.39 is 11.7 Å². The van der Waals surface area contributed by atoms with Gasteiger partial charge in [-0.3, -0.25) is 4.79 Å². The highest BCUT2D eigenvalue weighted by molar-refractivity contribution is 6.07. The van der Waals surface area contributed by atoms with E-state index in [1.54, 1.807) is 24.4 Å². The third-order valence-corrected chi connectivity index (χ3v) is 2.17. The molecular weight excluding hydrogens is 221 g/mol. The van der Waals surface area contributed by atoms with E-state index in [4.69, 9.17) is 5.73 Å². The van der Waals surface area contributed by atoms with Crippen LogP contribution in [0.15, 0.2) is 42.6 Å². The van der Waals surface area contributed by atoms with Crippen LogP contribution in [0, 0.1) is 5.82 Å². The number of hydrogen-bond donors (Lipinski definition) is 2. The van der Waals surface area contributed by atoms with Gasteiger partial charge in [0.1, 0.15) is 11.6 Å². The lowest BCUT2D eigenvalue weighted by Crippen LogP contribution is -2.15. The van der Waals surface area contributed by atoms with Crippen molar-refractivity contribution in [2.75, 3.05) is 11.1 Å². The molecule has 0 aliphatic carbocycles. The molecule has 17 heavy (non-hydrogen) atoms. The normalized spacial score (nSPS) is 9.94. The van der Waals surface area contributed by atoms with Gasteiger partial charge in [-0.25, -0.2) is 9.37 Å². The summed E-state index contributed by atoms with van der Waals surface area (Å²) < 4.78 is 13.0. The maximum Gasteiger partial charge on any atom is 0.259 e. The molecule has 5 heteroatoms. The van der Waals surface area contributed by atoms with Gasteiger partial charge in [-0.1, -0.05) is 6.07 Å². The van der Waals surface area contributed by atoms with Crippen molar-refractivity contribution in [1.82, 2.24) is 4.98 Å². The van der Waals surface area contributed by atoms with Crippen LogP contribution in [0.1, 0.15) is 10.4 Å². The second kappa shape index (κ2) is 4.61. The smallest absolute Gasteiger partial charge is 0.259 e. The standard InChI is InChI=1S/C12H10FN3O/c13-8-4-5-10(14)9(7-8)12(17)16-11-3-1-2-6-15-11/h1-7H,14H2,(H,15,16,17). The molecule has 1 aromatic carbocycles. The molecule has 3 N–H and O–H groups in total. The third kappa shape index (κ3) is 2.57. The molecule has 1 heterocycles. The molecule has 0 saturated carbocycles. The number of anilines is 2. The number of nitrogens with zero attached hydrogens (tertiary/aromatic N) is 1. The minimum Gasteiger partial charge on any atom is -0.398 e. The molecule has 0 atom stereocenters. The SMILES string of the molecule is Nc1ccc(F)cc1C(=O)Nc1ccccn1. The van der Waals surface area contributed by atoms with Crippen LogP contribution in [0.4, 0.5) is 15.9 Å². The summed E-state index contributed by atoms with van der Waals surface area (Å²) >= 11 is 0. The summed E-state index contributed by atoms with van der Waals surface area (Å²) in [5, 5.41) is 2.53. The number of carbonyl (C=O) groups excluding carboxylic acids is 1. The number of amides is 1. The van der Waals surface area contributed by atoms with Crippen LogP contribution in [0.25, 0.3) is 0 Å². The fraction of sp³-hybridized carbons (Fsp3) is 0. The number of hydrogen-bond acceptors (Lipinski definition) is 3. The second-order valence-corrected chi connectivity index (χ2v) is 3.40. The number of aromatic nitrogens is 1. The second-order valence-electron chi connectivity index (χ2n) is 3.40. The first-order valence-electron chi connectivity index (χ1n) is 4.94. The Hall–Kier alpha value is -2.43. The quantitative estimate of drug-likeness (QED) is 0.777. The monoisotopic (exact) mass is 231 g/mol. The van der Waals surface area contributed by atoms with Gasteiger partial charge in [0.25, 0.3) is 5.91 Å². The molecule has 0 unspecified atom stereocenters. The van der Waals surface area contributed by atoms with Crippen molar-refractivity contribution < 1.29 is 9.18 Å².